The van der Waals surface area contributed by atoms with Gasteiger partial charge in [-0.25, -0.2) is 4.79 Å². The van der Waals surface area contributed by atoms with Gasteiger partial charge in [0.2, 0.25) is 11.2 Å². The lowest BCUT2D eigenvalue weighted by Crippen LogP contribution is -2.31. The summed E-state index contributed by atoms with van der Waals surface area (Å²) in [4.78, 5) is 26.9. The highest BCUT2D eigenvalue weighted by Gasteiger charge is 2.23. The summed E-state index contributed by atoms with van der Waals surface area (Å²) in [6.45, 7) is 1.67. The Labute approximate surface area is 201 Å². The highest BCUT2D eigenvalue weighted by Crippen LogP contribution is 2.33. The van der Waals surface area contributed by atoms with Gasteiger partial charge in [0.1, 0.15) is 35.8 Å². The van der Waals surface area contributed by atoms with E-state index in [1.165, 1.54) is 13.4 Å². The van der Waals surface area contributed by atoms with Gasteiger partial charge in [-0.1, -0.05) is 12.1 Å². The van der Waals surface area contributed by atoms with Gasteiger partial charge in [0.25, 0.3) is 0 Å². The minimum absolute atomic E-state index is 0.0510. The summed E-state index contributed by atoms with van der Waals surface area (Å²) in [7, 11) is 2.95. The molecule has 2 heterocycles. The number of benzene rings is 3. The molecule has 4 aromatic rings. The maximum atomic E-state index is 13.1. The van der Waals surface area contributed by atoms with Crippen molar-refractivity contribution in [3.63, 3.8) is 0 Å². The quantitative estimate of drug-likeness (QED) is 0.372. The first-order valence-electron chi connectivity index (χ1n) is 11.0. The Hall–Kier alpha value is -4.30. The number of esters is 1. The monoisotopic (exact) mass is 473 g/mol. The van der Waals surface area contributed by atoms with Crippen LogP contribution in [0.4, 0.5) is 0 Å². The average Bonchev–Trinajstić information content (AvgIpc) is 2.90. The van der Waals surface area contributed by atoms with Crippen molar-refractivity contribution >= 4 is 16.9 Å². The van der Waals surface area contributed by atoms with E-state index in [2.05, 4.69) is 4.90 Å². The molecule has 35 heavy (non-hydrogen) atoms. The number of hydrogen-bond acceptors (Lipinski definition) is 8. The van der Waals surface area contributed by atoms with Crippen LogP contribution in [0, 0.1) is 0 Å². The fraction of sp³-hybridized carbons (Fsp3) is 0.185. The molecule has 0 saturated heterocycles. The molecule has 1 aliphatic heterocycles. The molecule has 5 rings (SSSR count). The predicted octanol–water partition coefficient (Wildman–Crippen LogP) is 4.73. The maximum Gasteiger partial charge on any atom is 0.337 e. The van der Waals surface area contributed by atoms with Crippen LogP contribution in [-0.4, -0.2) is 31.8 Å². The zero-order chi connectivity index (χ0) is 24.4. The van der Waals surface area contributed by atoms with Gasteiger partial charge >= 0.3 is 5.97 Å². The lowest BCUT2D eigenvalue weighted by Gasteiger charge is -2.29. The molecular formula is C27H23NO7. The fourth-order valence-electron chi connectivity index (χ4n) is 4.00. The molecule has 0 fully saturated rings. The standard InChI is InChI=1S/C27H23NO7/c1-31-19-7-3-17(4-8-19)13-28-14-22-23(34-16-28)12-11-21-25(29)24(15-33-26(21)22)35-20-9-5-18(6-10-20)27(30)32-2/h3-12,15H,13-14,16H2,1-2H3. The normalized spacial score (nSPS) is 13.1. The Kier molecular flexibility index (Phi) is 6.12. The molecule has 8 nitrogen and oxygen atoms in total. The smallest absolute Gasteiger partial charge is 0.337 e. The van der Waals surface area contributed by atoms with Crippen LogP contribution in [0.15, 0.2) is 76.1 Å². The Morgan fingerprint density at radius 3 is 2.43 bits per heavy atom. The van der Waals surface area contributed by atoms with Gasteiger partial charge < -0.3 is 23.4 Å². The third kappa shape index (κ3) is 4.56. The summed E-state index contributed by atoms with van der Waals surface area (Å²) < 4.78 is 27.5. The summed E-state index contributed by atoms with van der Waals surface area (Å²) in [5.41, 5.74) is 2.50. The molecule has 0 amide bonds. The summed E-state index contributed by atoms with van der Waals surface area (Å²) in [5, 5.41) is 0.405. The molecule has 0 radical (unpaired) electrons. The highest BCUT2D eigenvalue weighted by atomic mass is 16.5. The van der Waals surface area contributed by atoms with E-state index in [1.807, 2.05) is 24.3 Å². The Morgan fingerprint density at radius 2 is 1.71 bits per heavy atom. The topological polar surface area (TPSA) is 87.4 Å². The number of methoxy groups -OCH3 is 2. The molecule has 1 aliphatic rings. The van der Waals surface area contributed by atoms with Crippen LogP contribution in [0.5, 0.6) is 23.0 Å². The lowest BCUT2D eigenvalue weighted by atomic mass is 10.1. The van der Waals surface area contributed by atoms with Gasteiger partial charge in [-0.15, -0.1) is 0 Å². The second-order valence-electron chi connectivity index (χ2n) is 8.07. The van der Waals surface area contributed by atoms with E-state index in [4.69, 9.17) is 23.4 Å². The molecule has 1 aromatic heterocycles. The molecule has 178 valence electrons. The van der Waals surface area contributed by atoms with Gasteiger partial charge in [0, 0.05) is 13.1 Å². The SMILES string of the molecule is COC(=O)c1ccc(Oc2coc3c4c(ccc3c2=O)OCN(Cc2ccc(OC)cc2)C4)cc1. The van der Waals surface area contributed by atoms with Crippen LogP contribution in [0.25, 0.3) is 11.0 Å². The molecular weight excluding hydrogens is 450 g/mol. The van der Waals surface area contributed by atoms with E-state index < -0.39 is 5.97 Å². The molecule has 0 N–H and O–H groups in total. The van der Waals surface area contributed by atoms with E-state index in [0.29, 0.717) is 47.9 Å². The van der Waals surface area contributed by atoms with E-state index in [-0.39, 0.29) is 11.2 Å². The largest absolute Gasteiger partial charge is 0.497 e. The Balaban J connectivity index is 1.38. The first-order valence-corrected chi connectivity index (χ1v) is 11.0. The Bertz CT molecular complexity index is 1430. The fourth-order valence-corrected chi connectivity index (χ4v) is 4.00. The average molecular weight is 473 g/mol. The predicted molar refractivity (Wildman–Crippen MR) is 128 cm³/mol. The van der Waals surface area contributed by atoms with Crippen LogP contribution >= 0.6 is 0 Å². The molecule has 0 atom stereocenters. The molecule has 0 unspecified atom stereocenters. The highest BCUT2D eigenvalue weighted by molar-refractivity contribution is 5.89. The molecule has 0 spiro atoms. The number of nitrogens with zero attached hydrogens (tertiary/aromatic N) is 1. The van der Waals surface area contributed by atoms with Gasteiger partial charge in [-0.3, -0.25) is 9.69 Å². The van der Waals surface area contributed by atoms with Crippen LogP contribution in [0.3, 0.4) is 0 Å². The van der Waals surface area contributed by atoms with Crippen molar-refractivity contribution in [1.29, 1.82) is 0 Å². The summed E-state index contributed by atoms with van der Waals surface area (Å²) in [5.74, 6) is 1.50. The second-order valence-corrected chi connectivity index (χ2v) is 8.07. The molecule has 0 saturated carbocycles. The number of carbonyl (C=O) groups excluding carboxylic acids is 1. The van der Waals surface area contributed by atoms with Crippen molar-refractivity contribution in [3.05, 3.63) is 93.8 Å². The number of carbonyl (C=O) groups is 1. The number of ether oxygens (including phenoxy) is 4. The second kappa shape index (κ2) is 9.52. The number of fused-ring (bicyclic) bond motifs is 3. The number of rotatable bonds is 6. The molecule has 3 aromatic carbocycles. The van der Waals surface area contributed by atoms with E-state index in [9.17, 15) is 9.59 Å². The van der Waals surface area contributed by atoms with Crippen molar-refractivity contribution in [2.45, 2.75) is 13.1 Å². The molecule has 0 bridgehead atoms. The summed E-state index contributed by atoms with van der Waals surface area (Å²) >= 11 is 0. The van der Waals surface area contributed by atoms with Crippen LogP contribution in [0.1, 0.15) is 21.5 Å². The minimum Gasteiger partial charge on any atom is -0.497 e. The van der Waals surface area contributed by atoms with E-state index in [0.717, 1.165) is 16.9 Å². The number of hydrogen-bond donors (Lipinski definition) is 0. The van der Waals surface area contributed by atoms with Crippen molar-refractivity contribution in [2.24, 2.45) is 0 Å². The minimum atomic E-state index is -0.449. The van der Waals surface area contributed by atoms with Crippen molar-refractivity contribution in [1.82, 2.24) is 4.90 Å². The van der Waals surface area contributed by atoms with Crippen LogP contribution in [-0.2, 0) is 17.8 Å². The van der Waals surface area contributed by atoms with Crippen molar-refractivity contribution in [2.75, 3.05) is 21.0 Å². The third-order valence-electron chi connectivity index (χ3n) is 5.82. The van der Waals surface area contributed by atoms with Gasteiger partial charge in [0.15, 0.2) is 0 Å². The summed E-state index contributed by atoms with van der Waals surface area (Å²) in [6, 6.07) is 17.7. The Morgan fingerprint density at radius 1 is 0.971 bits per heavy atom. The van der Waals surface area contributed by atoms with Crippen molar-refractivity contribution < 1.29 is 28.2 Å². The zero-order valence-electron chi connectivity index (χ0n) is 19.3. The maximum absolute atomic E-state index is 13.1. The first kappa shape index (κ1) is 22.5. The summed E-state index contributed by atoms with van der Waals surface area (Å²) in [6.07, 6.45) is 1.31. The van der Waals surface area contributed by atoms with Gasteiger partial charge in [0.05, 0.1) is 30.7 Å². The first-order chi connectivity index (χ1) is 17.1. The van der Waals surface area contributed by atoms with E-state index >= 15 is 0 Å². The van der Waals surface area contributed by atoms with Gasteiger partial charge in [-0.2, -0.15) is 0 Å². The van der Waals surface area contributed by atoms with Gasteiger partial charge in [-0.05, 0) is 54.1 Å². The molecule has 0 aliphatic carbocycles. The van der Waals surface area contributed by atoms with Crippen molar-refractivity contribution in [3.8, 4) is 23.0 Å². The van der Waals surface area contributed by atoms with Crippen LogP contribution in [0.2, 0.25) is 0 Å². The van der Waals surface area contributed by atoms with E-state index in [1.54, 1.807) is 43.5 Å². The third-order valence-corrected chi connectivity index (χ3v) is 5.82. The zero-order valence-corrected chi connectivity index (χ0v) is 19.3. The van der Waals surface area contributed by atoms with Crippen LogP contribution < -0.4 is 19.6 Å². The lowest BCUT2D eigenvalue weighted by molar-refractivity contribution is 0.0600. The molecule has 8 heteroatoms.